The number of halogens is 3. The quantitative estimate of drug-likeness (QED) is 0.520. The SMILES string of the molecule is Clc1cccc(N2CCN(CCCCN3CC=C4C=CC(Br)=CN43)CC2)c1Cl. The number of fused-ring (bicyclic) bond motifs is 1. The van der Waals surface area contributed by atoms with Crippen molar-refractivity contribution in [1.82, 2.24) is 14.9 Å². The highest BCUT2D eigenvalue weighted by molar-refractivity contribution is 9.11. The van der Waals surface area contributed by atoms with Crippen molar-refractivity contribution in [1.29, 1.82) is 0 Å². The molecule has 3 heterocycles. The van der Waals surface area contributed by atoms with E-state index in [1.165, 1.54) is 18.5 Å². The molecule has 0 N–H and O–H groups in total. The number of hydrogen-bond donors (Lipinski definition) is 0. The van der Waals surface area contributed by atoms with Crippen molar-refractivity contribution in [2.24, 2.45) is 0 Å². The van der Waals surface area contributed by atoms with Gasteiger partial charge in [-0.3, -0.25) is 9.91 Å². The Bertz CT molecular complexity index is 800. The van der Waals surface area contributed by atoms with Gasteiger partial charge in [0.05, 0.1) is 21.4 Å². The molecule has 0 atom stereocenters. The third-order valence-corrected chi connectivity index (χ3v) is 6.80. The van der Waals surface area contributed by atoms with E-state index >= 15 is 0 Å². The fraction of sp³-hybridized carbons (Fsp3) is 0.429. The Labute approximate surface area is 185 Å². The molecule has 1 aromatic rings. The first-order valence-corrected chi connectivity index (χ1v) is 11.4. The van der Waals surface area contributed by atoms with Gasteiger partial charge in [0.1, 0.15) is 0 Å². The number of hydrogen-bond acceptors (Lipinski definition) is 4. The molecule has 3 aliphatic heterocycles. The molecule has 0 bridgehead atoms. The molecule has 28 heavy (non-hydrogen) atoms. The Balaban J connectivity index is 1.18. The molecule has 1 fully saturated rings. The standard InChI is InChI=1S/C21H25BrCl2N4/c22-17-6-7-18-8-11-27(28(18)16-17)10-2-1-9-25-12-14-26(15-13-25)20-5-3-4-19(23)21(20)24/h3-8,16H,1-2,9-15H2. The maximum Gasteiger partial charge on any atom is 0.0825 e. The summed E-state index contributed by atoms with van der Waals surface area (Å²) >= 11 is 16.1. The van der Waals surface area contributed by atoms with Crippen LogP contribution in [0.3, 0.4) is 0 Å². The summed E-state index contributed by atoms with van der Waals surface area (Å²) in [6, 6.07) is 5.88. The molecule has 1 saturated heterocycles. The maximum absolute atomic E-state index is 6.37. The van der Waals surface area contributed by atoms with Gasteiger partial charge in [-0.15, -0.1) is 0 Å². The van der Waals surface area contributed by atoms with Gasteiger partial charge in [0.25, 0.3) is 0 Å². The first-order valence-electron chi connectivity index (χ1n) is 9.83. The summed E-state index contributed by atoms with van der Waals surface area (Å²) in [5.74, 6) is 0. The first kappa shape index (κ1) is 20.3. The van der Waals surface area contributed by atoms with E-state index in [9.17, 15) is 0 Å². The summed E-state index contributed by atoms with van der Waals surface area (Å²) < 4.78 is 1.12. The minimum absolute atomic E-state index is 0.632. The number of unbranched alkanes of at least 4 members (excludes halogenated alkanes) is 1. The van der Waals surface area contributed by atoms with Crippen molar-refractivity contribution in [3.63, 3.8) is 0 Å². The van der Waals surface area contributed by atoms with Gasteiger partial charge in [-0.25, -0.2) is 5.01 Å². The minimum atomic E-state index is 0.632. The zero-order valence-corrected chi connectivity index (χ0v) is 18.9. The van der Waals surface area contributed by atoms with E-state index in [1.807, 2.05) is 12.1 Å². The van der Waals surface area contributed by atoms with Crippen LogP contribution in [0.5, 0.6) is 0 Å². The number of rotatable bonds is 6. The van der Waals surface area contributed by atoms with Gasteiger partial charge >= 0.3 is 0 Å². The predicted octanol–water partition coefficient (Wildman–Crippen LogP) is 5.12. The summed E-state index contributed by atoms with van der Waals surface area (Å²) in [5.41, 5.74) is 2.33. The van der Waals surface area contributed by atoms with Crippen molar-refractivity contribution in [2.75, 3.05) is 50.7 Å². The van der Waals surface area contributed by atoms with Crippen LogP contribution >= 0.6 is 39.1 Å². The molecule has 0 radical (unpaired) electrons. The van der Waals surface area contributed by atoms with Crippen LogP contribution in [0.25, 0.3) is 0 Å². The molecular weight excluding hydrogens is 459 g/mol. The molecule has 7 heteroatoms. The van der Waals surface area contributed by atoms with E-state index in [2.05, 4.69) is 66.2 Å². The van der Waals surface area contributed by atoms with Crippen LogP contribution in [0.15, 0.2) is 52.8 Å². The summed E-state index contributed by atoms with van der Waals surface area (Å²) in [6.07, 6.45) is 11.1. The zero-order valence-electron chi connectivity index (χ0n) is 15.8. The Hall–Kier alpha value is -0.980. The summed E-state index contributed by atoms with van der Waals surface area (Å²) in [6.45, 7) is 7.38. The third kappa shape index (κ3) is 4.60. The molecule has 0 spiro atoms. The lowest BCUT2D eigenvalue weighted by Crippen LogP contribution is -2.46. The topological polar surface area (TPSA) is 13.0 Å². The summed E-state index contributed by atoms with van der Waals surface area (Å²) in [7, 11) is 0. The van der Waals surface area contributed by atoms with Gasteiger partial charge in [0.2, 0.25) is 0 Å². The van der Waals surface area contributed by atoms with Crippen LogP contribution in [-0.4, -0.2) is 60.7 Å². The Morgan fingerprint density at radius 3 is 2.57 bits per heavy atom. The summed E-state index contributed by atoms with van der Waals surface area (Å²) in [4.78, 5) is 4.90. The Kier molecular flexibility index (Phi) is 6.69. The van der Waals surface area contributed by atoms with Gasteiger partial charge in [-0.1, -0.05) is 29.3 Å². The van der Waals surface area contributed by atoms with Gasteiger partial charge in [-0.05, 0) is 65.7 Å². The second kappa shape index (κ2) is 9.23. The number of piperazine rings is 1. The number of hydrazine groups is 1. The fourth-order valence-corrected chi connectivity index (χ4v) is 4.69. The monoisotopic (exact) mass is 482 g/mol. The van der Waals surface area contributed by atoms with Crippen LogP contribution in [0, 0.1) is 0 Å². The number of benzene rings is 1. The van der Waals surface area contributed by atoms with Gasteiger partial charge in [0.15, 0.2) is 0 Å². The average Bonchev–Trinajstić information content (AvgIpc) is 3.10. The molecule has 0 amide bonds. The van der Waals surface area contributed by atoms with Crippen LogP contribution in [0.2, 0.25) is 10.0 Å². The second-order valence-corrected chi connectivity index (χ2v) is 9.04. The Morgan fingerprint density at radius 2 is 1.75 bits per heavy atom. The van der Waals surface area contributed by atoms with E-state index in [0.29, 0.717) is 10.0 Å². The van der Waals surface area contributed by atoms with Crippen molar-refractivity contribution >= 4 is 44.8 Å². The van der Waals surface area contributed by atoms with Gasteiger partial charge in [-0.2, -0.15) is 0 Å². The molecule has 3 aliphatic rings. The zero-order chi connectivity index (χ0) is 19.5. The molecule has 0 saturated carbocycles. The third-order valence-electron chi connectivity index (χ3n) is 5.52. The molecule has 0 aliphatic carbocycles. The van der Waals surface area contributed by atoms with Crippen LogP contribution in [0.1, 0.15) is 12.8 Å². The lowest BCUT2D eigenvalue weighted by Gasteiger charge is -2.36. The normalized spacial score (nSPS) is 20.4. The van der Waals surface area contributed by atoms with E-state index < -0.39 is 0 Å². The largest absolute Gasteiger partial charge is 0.368 e. The molecular formula is C21H25BrCl2N4. The van der Waals surface area contributed by atoms with Crippen molar-refractivity contribution < 1.29 is 0 Å². The minimum Gasteiger partial charge on any atom is -0.368 e. The first-order chi connectivity index (χ1) is 13.6. The van der Waals surface area contributed by atoms with Crippen molar-refractivity contribution in [2.45, 2.75) is 12.8 Å². The molecule has 0 aromatic heterocycles. The molecule has 0 unspecified atom stereocenters. The highest BCUT2D eigenvalue weighted by Gasteiger charge is 2.23. The highest BCUT2D eigenvalue weighted by atomic mass is 79.9. The predicted molar refractivity (Wildman–Crippen MR) is 122 cm³/mol. The number of anilines is 1. The van der Waals surface area contributed by atoms with Crippen LogP contribution in [-0.2, 0) is 0 Å². The second-order valence-electron chi connectivity index (χ2n) is 7.34. The smallest absolute Gasteiger partial charge is 0.0825 e. The highest BCUT2D eigenvalue weighted by Crippen LogP contribution is 2.33. The maximum atomic E-state index is 6.37. The van der Waals surface area contributed by atoms with Crippen molar-refractivity contribution in [3.05, 3.63) is 62.9 Å². The Morgan fingerprint density at radius 1 is 0.964 bits per heavy atom. The lowest BCUT2D eigenvalue weighted by atomic mass is 10.2. The van der Waals surface area contributed by atoms with Crippen LogP contribution < -0.4 is 4.90 Å². The number of nitrogens with zero attached hydrogens (tertiary/aromatic N) is 4. The number of allylic oxidation sites excluding steroid dienone is 3. The van der Waals surface area contributed by atoms with Gasteiger partial charge < -0.3 is 4.90 Å². The van der Waals surface area contributed by atoms with Crippen LogP contribution in [0.4, 0.5) is 5.69 Å². The molecule has 4 nitrogen and oxygen atoms in total. The molecule has 4 rings (SSSR count). The van der Waals surface area contributed by atoms with Crippen molar-refractivity contribution in [3.8, 4) is 0 Å². The average molecular weight is 484 g/mol. The van der Waals surface area contributed by atoms with E-state index in [0.717, 1.165) is 56.0 Å². The van der Waals surface area contributed by atoms with E-state index in [1.54, 1.807) is 0 Å². The molecule has 1 aromatic carbocycles. The molecule has 150 valence electrons. The van der Waals surface area contributed by atoms with E-state index in [-0.39, 0.29) is 0 Å². The lowest BCUT2D eigenvalue weighted by molar-refractivity contribution is 0.0895. The van der Waals surface area contributed by atoms with E-state index in [4.69, 9.17) is 23.2 Å². The van der Waals surface area contributed by atoms with Gasteiger partial charge in [0, 0.05) is 50.0 Å². The summed E-state index contributed by atoms with van der Waals surface area (Å²) in [5, 5.41) is 5.97. The fourth-order valence-electron chi connectivity index (χ4n) is 3.95.